The van der Waals surface area contributed by atoms with Gasteiger partial charge in [0.1, 0.15) is 5.82 Å². The summed E-state index contributed by atoms with van der Waals surface area (Å²) in [6.45, 7) is 1.86. The minimum absolute atomic E-state index is 0.0413. The van der Waals surface area contributed by atoms with Gasteiger partial charge in [0.25, 0.3) is 5.91 Å². The van der Waals surface area contributed by atoms with Crippen LogP contribution in [0.2, 0.25) is 0 Å². The molecule has 192 valence electrons. The number of hydrogen-bond donors (Lipinski definition) is 3. The van der Waals surface area contributed by atoms with Crippen molar-refractivity contribution in [3.63, 3.8) is 0 Å². The first kappa shape index (κ1) is 24.8. The van der Waals surface area contributed by atoms with Gasteiger partial charge >= 0.3 is 6.18 Å². The van der Waals surface area contributed by atoms with E-state index in [2.05, 4.69) is 20.7 Å². The molecule has 2 aromatic heterocycles. The van der Waals surface area contributed by atoms with E-state index >= 15 is 0 Å². The van der Waals surface area contributed by atoms with Gasteiger partial charge in [0.05, 0.1) is 17.1 Å². The van der Waals surface area contributed by atoms with Gasteiger partial charge in [-0.25, -0.2) is 9.97 Å². The van der Waals surface area contributed by atoms with Crippen molar-refractivity contribution in [1.29, 1.82) is 0 Å². The summed E-state index contributed by atoms with van der Waals surface area (Å²) < 4.78 is 40.8. The van der Waals surface area contributed by atoms with Gasteiger partial charge < -0.3 is 16.4 Å². The molecule has 0 aliphatic rings. The van der Waals surface area contributed by atoms with E-state index in [1.165, 1.54) is 12.1 Å². The zero-order valence-electron chi connectivity index (χ0n) is 20.3. The van der Waals surface area contributed by atoms with E-state index in [9.17, 15) is 18.0 Å². The van der Waals surface area contributed by atoms with Gasteiger partial charge in [-0.05, 0) is 55.0 Å². The molecule has 0 fully saturated rings. The second kappa shape index (κ2) is 9.51. The minimum atomic E-state index is -4.51. The zero-order valence-corrected chi connectivity index (χ0v) is 20.3. The fourth-order valence-corrected chi connectivity index (χ4v) is 3.93. The van der Waals surface area contributed by atoms with Crippen LogP contribution in [0.25, 0.3) is 22.4 Å². The highest BCUT2D eigenvalue weighted by Gasteiger charge is 2.30. The second-order valence-electron chi connectivity index (χ2n) is 8.71. The van der Waals surface area contributed by atoms with Crippen LogP contribution in [0.1, 0.15) is 21.5 Å². The topological polar surface area (TPSA) is 111 Å². The summed E-state index contributed by atoms with van der Waals surface area (Å²) in [7, 11) is 1.77. The number of anilines is 4. The van der Waals surface area contributed by atoms with E-state index in [1.54, 1.807) is 48.3 Å². The summed E-state index contributed by atoms with van der Waals surface area (Å²) >= 11 is 0. The van der Waals surface area contributed by atoms with Gasteiger partial charge in [0.2, 0.25) is 0 Å². The molecule has 0 spiro atoms. The Bertz CT molecular complexity index is 1680. The van der Waals surface area contributed by atoms with Gasteiger partial charge in [-0.1, -0.05) is 24.3 Å². The minimum Gasteiger partial charge on any atom is -0.399 e. The highest BCUT2D eigenvalue weighted by atomic mass is 19.4. The molecular weight excluding hydrogens is 495 g/mol. The van der Waals surface area contributed by atoms with Crippen LogP contribution in [0.15, 0.2) is 72.9 Å². The lowest BCUT2D eigenvalue weighted by molar-refractivity contribution is -0.137. The number of carbonyl (C=O) groups excluding carboxylic acids is 1. The highest BCUT2D eigenvalue weighted by molar-refractivity contribution is 6.05. The number of nitrogens with one attached hydrogen (secondary N) is 2. The highest BCUT2D eigenvalue weighted by Crippen LogP contribution is 2.32. The van der Waals surface area contributed by atoms with Crippen molar-refractivity contribution in [2.24, 2.45) is 7.05 Å². The van der Waals surface area contributed by atoms with Gasteiger partial charge in [-0.3, -0.25) is 9.48 Å². The van der Waals surface area contributed by atoms with Crippen molar-refractivity contribution >= 4 is 39.8 Å². The predicted molar refractivity (Wildman–Crippen MR) is 140 cm³/mol. The zero-order chi connectivity index (χ0) is 27.0. The van der Waals surface area contributed by atoms with Crippen LogP contribution in [0.5, 0.6) is 0 Å². The maximum absolute atomic E-state index is 13.1. The fourth-order valence-electron chi connectivity index (χ4n) is 3.93. The Morgan fingerprint density at radius 3 is 2.55 bits per heavy atom. The van der Waals surface area contributed by atoms with Crippen LogP contribution in [0.3, 0.4) is 0 Å². The van der Waals surface area contributed by atoms with Crippen molar-refractivity contribution in [1.82, 2.24) is 19.7 Å². The SMILES string of the molecule is Cc1ccc(C(=O)Nc2cccc(C(F)(F)F)c2)cc1Nc1nc(-c2cccc(N)c2)nc2c1cnn2C. The Balaban J connectivity index is 1.48. The molecular formula is C27H22F3N7O. The number of aromatic nitrogens is 4. The Morgan fingerprint density at radius 2 is 1.79 bits per heavy atom. The molecule has 8 nitrogen and oxygen atoms in total. The lowest BCUT2D eigenvalue weighted by Crippen LogP contribution is -2.13. The number of alkyl halides is 3. The third-order valence-electron chi connectivity index (χ3n) is 5.94. The molecule has 2 heterocycles. The van der Waals surface area contributed by atoms with E-state index in [-0.39, 0.29) is 11.3 Å². The third-order valence-corrected chi connectivity index (χ3v) is 5.94. The van der Waals surface area contributed by atoms with Crippen LogP contribution in [0.4, 0.5) is 36.1 Å². The molecule has 1 amide bonds. The average Bonchev–Trinajstić information content (AvgIpc) is 3.26. The van der Waals surface area contributed by atoms with Crippen LogP contribution < -0.4 is 16.4 Å². The largest absolute Gasteiger partial charge is 0.416 e. The lowest BCUT2D eigenvalue weighted by atomic mass is 10.1. The molecule has 0 atom stereocenters. The summed E-state index contributed by atoms with van der Waals surface area (Å²) in [5, 5.41) is 10.8. The summed E-state index contributed by atoms with van der Waals surface area (Å²) in [6.07, 6.45) is -2.87. The normalized spacial score (nSPS) is 11.5. The van der Waals surface area contributed by atoms with Gasteiger partial charge in [-0.15, -0.1) is 0 Å². The van der Waals surface area contributed by atoms with Gasteiger partial charge in [0.15, 0.2) is 11.5 Å². The standard InChI is InChI=1S/C27H22F3N7O/c1-15-9-10-17(26(38)33-20-8-4-6-18(13-20)27(28,29)30)12-22(15)34-24-21-14-32-37(2)25(21)36-23(35-24)16-5-3-7-19(31)11-16/h3-14H,31H2,1-2H3,(H,33,38)(H,34,35,36). The number of rotatable bonds is 5. The molecule has 4 N–H and O–H groups in total. The molecule has 5 rings (SSSR count). The molecule has 3 aromatic carbocycles. The number of nitrogens with zero attached hydrogens (tertiary/aromatic N) is 4. The van der Waals surface area contributed by atoms with Crippen LogP contribution in [-0.4, -0.2) is 25.7 Å². The predicted octanol–water partition coefficient (Wildman–Crippen LogP) is 5.94. The van der Waals surface area contributed by atoms with E-state index < -0.39 is 17.6 Å². The van der Waals surface area contributed by atoms with Crippen molar-refractivity contribution in [3.05, 3.63) is 89.6 Å². The number of carbonyl (C=O) groups is 1. The van der Waals surface area contributed by atoms with Crippen LogP contribution in [-0.2, 0) is 13.2 Å². The lowest BCUT2D eigenvalue weighted by Gasteiger charge is -2.14. The molecule has 0 radical (unpaired) electrons. The number of aryl methyl sites for hydroxylation is 2. The van der Waals surface area contributed by atoms with Crippen LogP contribution in [0, 0.1) is 6.92 Å². The third kappa shape index (κ3) is 4.99. The summed E-state index contributed by atoms with van der Waals surface area (Å²) in [5.41, 5.74) is 8.69. The molecule has 0 unspecified atom stereocenters. The average molecular weight is 518 g/mol. The maximum Gasteiger partial charge on any atom is 0.416 e. The quantitative estimate of drug-likeness (QED) is 0.249. The van der Waals surface area contributed by atoms with Crippen molar-refractivity contribution < 1.29 is 18.0 Å². The number of hydrogen-bond acceptors (Lipinski definition) is 6. The Morgan fingerprint density at radius 1 is 1.00 bits per heavy atom. The van der Waals surface area contributed by atoms with Crippen molar-refractivity contribution in [2.45, 2.75) is 13.1 Å². The number of fused-ring (bicyclic) bond motifs is 1. The van der Waals surface area contributed by atoms with E-state index in [4.69, 9.17) is 10.7 Å². The molecule has 0 aliphatic carbocycles. The number of benzene rings is 3. The fraction of sp³-hybridized carbons (Fsp3) is 0.111. The van der Waals surface area contributed by atoms with Gasteiger partial charge in [0, 0.05) is 35.2 Å². The summed E-state index contributed by atoms with van der Waals surface area (Å²) in [5.74, 6) is 0.355. The number of nitrogens with two attached hydrogens (primary N) is 1. The van der Waals surface area contributed by atoms with Crippen molar-refractivity contribution in [2.75, 3.05) is 16.4 Å². The van der Waals surface area contributed by atoms with E-state index in [1.807, 2.05) is 19.1 Å². The maximum atomic E-state index is 13.1. The molecule has 0 aliphatic heterocycles. The summed E-state index contributed by atoms with van der Waals surface area (Å²) in [6, 6.07) is 16.6. The molecule has 5 aromatic rings. The Hall–Kier alpha value is -4.93. The van der Waals surface area contributed by atoms with Crippen molar-refractivity contribution in [3.8, 4) is 11.4 Å². The van der Waals surface area contributed by atoms with Crippen LogP contribution >= 0.6 is 0 Å². The van der Waals surface area contributed by atoms with E-state index in [0.717, 1.165) is 23.3 Å². The first-order valence-electron chi connectivity index (χ1n) is 11.5. The number of halogens is 3. The molecule has 38 heavy (non-hydrogen) atoms. The monoisotopic (exact) mass is 517 g/mol. The molecule has 0 bridgehead atoms. The second-order valence-corrected chi connectivity index (χ2v) is 8.71. The van der Waals surface area contributed by atoms with Gasteiger partial charge in [-0.2, -0.15) is 18.3 Å². The first-order chi connectivity index (χ1) is 18.1. The smallest absolute Gasteiger partial charge is 0.399 e. The number of nitrogen functional groups attached to an aromatic ring is 1. The van der Waals surface area contributed by atoms with E-state index in [0.29, 0.717) is 34.1 Å². The molecule has 0 saturated heterocycles. The Labute approximate surface area is 215 Å². The first-order valence-corrected chi connectivity index (χ1v) is 11.5. The molecule has 11 heteroatoms. The number of amides is 1. The molecule has 0 saturated carbocycles. The summed E-state index contributed by atoms with van der Waals surface area (Å²) in [4.78, 5) is 22.2. The Kier molecular flexibility index (Phi) is 6.19.